The fourth-order valence-electron chi connectivity index (χ4n) is 2.30. The molecule has 4 rings (SSSR count). The average molecular weight is 277 g/mol. The van der Waals surface area contributed by atoms with Gasteiger partial charge in [-0.25, -0.2) is 0 Å². The van der Waals surface area contributed by atoms with Crippen LogP contribution in [0.1, 0.15) is 10.4 Å². The lowest BCUT2D eigenvalue weighted by Gasteiger charge is -2.05. The van der Waals surface area contributed by atoms with E-state index in [0.717, 1.165) is 27.5 Å². The zero-order chi connectivity index (χ0) is 14.2. The summed E-state index contributed by atoms with van der Waals surface area (Å²) in [6, 6.07) is 11.0. The summed E-state index contributed by atoms with van der Waals surface area (Å²) in [4.78, 5) is 12.3. The smallest absolute Gasteiger partial charge is 0.255 e. The first-order valence-corrected chi connectivity index (χ1v) is 6.47. The largest absolute Gasteiger partial charge is 0.322 e. The molecule has 21 heavy (non-hydrogen) atoms. The third-order valence-electron chi connectivity index (χ3n) is 3.40. The Labute approximate surface area is 119 Å². The number of fused-ring (bicyclic) bond motifs is 2. The van der Waals surface area contributed by atoms with Gasteiger partial charge in [0.25, 0.3) is 5.91 Å². The molecule has 0 saturated heterocycles. The van der Waals surface area contributed by atoms with Crippen LogP contribution < -0.4 is 5.32 Å². The Morgan fingerprint density at radius 3 is 2.62 bits per heavy atom. The molecule has 0 bridgehead atoms. The second kappa shape index (κ2) is 4.45. The van der Waals surface area contributed by atoms with Crippen LogP contribution in [-0.2, 0) is 0 Å². The molecule has 4 aromatic rings. The van der Waals surface area contributed by atoms with Gasteiger partial charge in [-0.05, 0) is 30.3 Å². The maximum Gasteiger partial charge on any atom is 0.255 e. The number of nitrogens with zero attached hydrogens (tertiary/aromatic N) is 2. The molecule has 2 aromatic heterocycles. The molecule has 6 heteroatoms. The van der Waals surface area contributed by atoms with Crippen LogP contribution in [0.3, 0.4) is 0 Å². The van der Waals surface area contributed by atoms with Gasteiger partial charge in [-0.15, -0.1) is 0 Å². The maximum absolute atomic E-state index is 12.3. The third kappa shape index (κ3) is 2.02. The minimum Gasteiger partial charge on any atom is -0.322 e. The summed E-state index contributed by atoms with van der Waals surface area (Å²) in [5.74, 6) is -0.158. The summed E-state index contributed by atoms with van der Waals surface area (Å²) in [5, 5.41) is 18.5. The molecule has 0 spiro atoms. The Morgan fingerprint density at radius 1 is 0.905 bits per heavy atom. The number of H-pyrrole nitrogens is 2. The number of amides is 1. The van der Waals surface area contributed by atoms with E-state index >= 15 is 0 Å². The van der Waals surface area contributed by atoms with Crippen molar-refractivity contribution in [2.24, 2.45) is 0 Å². The Bertz CT molecular complexity index is 953. The molecule has 0 aliphatic carbocycles. The molecule has 6 nitrogen and oxygen atoms in total. The van der Waals surface area contributed by atoms with Crippen molar-refractivity contribution < 1.29 is 4.79 Å². The number of anilines is 1. The predicted molar refractivity (Wildman–Crippen MR) is 80.1 cm³/mol. The van der Waals surface area contributed by atoms with Crippen LogP contribution in [-0.4, -0.2) is 26.3 Å². The molecular formula is C15H11N5O. The molecule has 0 fully saturated rings. The van der Waals surface area contributed by atoms with Gasteiger partial charge < -0.3 is 5.32 Å². The van der Waals surface area contributed by atoms with Gasteiger partial charge in [0.05, 0.1) is 23.4 Å². The van der Waals surface area contributed by atoms with Crippen LogP contribution in [0.2, 0.25) is 0 Å². The van der Waals surface area contributed by atoms with E-state index in [1.54, 1.807) is 24.5 Å². The average Bonchev–Trinajstić information content (AvgIpc) is 3.14. The number of nitrogens with one attached hydrogen (secondary N) is 3. The van der Waals surface area contributed by atoms with Gasteiger partial charge in [0, 0.05) is 22.0 Å². The zero-order valence-electron chi connectivity index (χ0n) is 10.9. The van der Waals surface area contributed by atoms with Crippen molar-refractivity contribution >= 4 is 33.4 Å². The van der Waals surface area contributed by atoms with Crippen LogP contribution in [0.4, 0.5) is 5.69 Å². The summed E-state index contributed by atoms with van der Waals surface area (Å²) >= 11 is 0. The van der Waals surface area contributed by atoms with E-state index in [0.29, 0.717) is 5.56 Å². The summed E-state index contributed by atoms with van der Waals surface area (Å²) in [6.45, 7) is 0. The molecule has 0 unspecified atom stereocenters. The quantitative estimate of drug-likeness (QED) is 0.526. The Hall–Kier alpha value is -3.15. The van der Waals surface area contributed by atoms with Crippen molar-refractivity contribution in [2.45, 2.75) is 0 Å². The Morgan fingerprint density at radius 2 is 1.71 bits per heavy atom. The predicted octanol–water partition coefficient (Wildman–Crippen LogP) is 2.69. The van der Waals surface area contributed by atoms with Crippen LogP contribution in [0.15, 0.2) is 48.8 Å². The number of aromatic nitrogens is 4. The topological polar surface area (TPSA) is 86.5 Å². The SMILES string of the molecule is O=C(Nc1ccc2[nH]ncc2c1)c1ccc2cn[nH]c2c1. The van der Waals surface area contributed by atoms with E-state index < -0.39 is 0 Å². The minimum atomic E-state index is -0.158. The number of aromatic amines is 2. The Balaban J connectivity index is 1.64. The fourth-order valence-corrected chi connectivity index (χ4v) is 2.30. The van der Waals surface area contributed by atoms with Crippen molar-refractivity contribution in [3.63, 3.8) is 0 Å². The van der Waals surface area contributed by atoms with Gasteiger partial charge in [-0.3, -0.25) is 15.0 Å². The summed E-state index contributed by atoms with van der Waals surface area (Å²) in [7, 11) is 0. The molecule has 0 radical (unpaired) electrons. The molecule has 0 saturated carbocycles. The highest BCUT2D eigenvalue weighted by Crippen LogP contribution is 2.18. The monoisotopic (exact) mass is 277 g/mol. The zero-order valence-corrected chi connectivity index (χ0v) is 10.9. The highest BCUT2D eigenvalue weighted by Gasteiger charge is 2.08. The number of hydrogen-bond donors (Lipinski definition) is 3. The lowest BCUT2D eigenvalue weighted by molar-refractivity contribution is 0.102. The highest BCUT2D eigenvalue weighted by molar-refractivity contribution is 6.06. The third-order valence-corrected chi connectivity index (χ3v) is 3.40. The molecule has 0 atom stereocenters. The summed E-state index contributed by atoms with van der Waals surface area (Å²) in [6.07, 6.45) is 3.45. The number of benzene rings is 2. The molecule has 3 N–H and O–H groups in total. The highest BCUT2D eigenvalue weighted by atomic mass is 16.1. The number of rotatable bonds is 2. The molecule has 2 heterocycles. The number of carbonyl (C=O) groups excluding carboxylic acids is 1. The van der Waals surface area contributed by atoms with Crippen molar-refractivity contribution in [3.8, 4) is 0 Å². The molecule has 102 valence electrons. The van der Waals surface area contributed by atoms with E-state index in [4.69, 9.17) is 0 Å². The van der Waals surface area contributed by atoms with E-state index in [1.807, 2.05) is 24.3 Å². The summed E-state index contributed by atoms with van der Waals surface area (Å²) < 4.78 is 0. The fraction of sp³-hybridized carbons (Fsp3) is 0. The Kier molecular flexibility index (Phi) is 2.47. The van der Waals surface area contributed by atoms with E-state index in [1.165, 1.54) is 0 Å². The standard InChI is InChI=1S/C15H11N5O/c21-15(9-1-2-10-7-16-20-14(10)6-9)18-12-3-4-13-11(5-12)8-17-19-13/h1-8H,(H,16,20)(H,17,19)(H,18,21). The van der Waals surface area contributed by atoms with Crippen LogP contribution in [0.25, 0.3) is 21.8 Å². The van der Waals surface area contributed by atoms with Crippen LogP contribution >= 0.6 is 0 Å². The van der Waals surface area contributed by atoms with Crippen molar-refractivity contribution in [1.29, 1.82) is 0 Å². The van der Waals surface area contributed by atoms with Gasteiger partial charge in [-0.2, -0.15) is 10.2 Å². The van der Waals surface area contributed by atoms with E-state index in [9.17, 15) is 4.79 Å². The lowest BCUT2D eigenvalue weighted by Crippen LogP contribution is -2.11. The van der Waals surface area contributed by atoms with Crippen LogP contribution in [0, 0.1) is 0 Å². The van der Waals surface area contributed by atoms with Gasteiger partial charge in [0.2, 0.25) is 0 Å². The van der Waals surface area contributed by atoms with E-state index in [2.05, 4.69) is 25.7 Å². The van der Waals surface area contributed by atoms with Crippen LogP contribution in [0.5, 0.6) is 0 Å². The lowest BCUT2D eigenvalue weighted by atomic mass is 10.1. The first-order valence-electron chi connectivity index (χ1n) is 6.47. The van der Waals surface area contributed by atoms with Crippen molar-refractivity contribution in [2.75, 3.05) is 5.32 Å². The van der Waals surface area contributed by atoms with Gasteiger partial charge in [0.1, 0.15) is 0 Å². The first-order chi connectivity index (χ1) is 10.3. The van der Waals surface area contributed by atoms with Gasteiger partial charge in [0.15, 0.2) is 0 Å². The first kappa shape index (κ1) is 11.7. The summed E-state index contributed by atoms with van der Waals surface area (Å²) in [5.41, 5.74) is 3.09. The van der Waals surface area contributed by atoms with E-state index in [-0.39, 0.29) is 5.91 Å². The van der Waals surface area contributed by atoms with Crippen molar-refractivity contribution in [3.05, 3.63) is 54.4 Å². The normalized spacial score (nSPS) is 11.0. The molecule has 0 aliphatic rings. The van der Waals surface area contributed by atoms with Crippen molar-refractivity contribution in [1.82, 2.24) is 20.4 Å². The van der Waals surface area contributed by atoms with Gasteiger partial charge in [-0.1, -0.05) is 6.07 Å². The molecular weight excluding hydrogens is 266 g/mol. The maximum atomic E-state index is 12.3. The number of hydrogen-bond acceptors (Lipinski definition) is 3. The van der Waals surface area contributed by atoms with Gasteiger partial charge >= 0.3 is 0 Å². The second-order valence-electron chi connectivity index (χ2n) is 4.80. The molecule has 1 amide bonds. The molecule has 0 aliphatic heterocycles. The number of carbonyl (C=O) groups is 1. The molecule has 2 aromatic carbocycles. The minimum absolute atomic E-state index is 0.158. The second-order valence-corrected chi connectivity index (χ2v) is 4.80.